The molecule has 2 aromatic carbocycles. The van der Waals surface area contributed by atoms with Gasteiger partial charge in [0.1, 0.15) is 16.4 Å². The molecule has 0 aliphatic carbocycles. The highest BCUT2D eigenvalue weighted by Gasteiger charge is 2.19. The van der Waals surface area contributed by atoms with Gasteiger partial charge in [-0.2, -0.15) is 0 Å². The Balaban J connectivity index is 1.63. The Kier molecular flexibility index (Phi) is 7.30. The van der Waals surface area contributed by atoms with Crippen LogP contribution in [0.3, 0.4) is 0 Å². The monoisotopic (exact) mass is 522 g/mol. The van der Waals surface area contributed by atoms with Gasteiger partial charge in [-0.25, -0.2) is 4.79 Å². The van der Waals surface area contributed by atoms with Crippen LogP contribution in [0.1, 0.15) is 17.0 Å². The van der Waals surface area contributed by atoms with Gasteiger partial charge >= 0.3 is 5.97 Å². The Morgan fingerprint density at radius 1 is 1.08 bits per heavy atom. The second kappa shape index (κ2) is 10.6. The number of non-ortho nitro benzene ring substituents is 1. The number of rotatable bonds is 9. The summed E-state index contributed by atoms with van der Waals surface area (Å²) in [5.74, 6) is 0.0984. The summed E-state index contributed by atoms with van der Waals surface area (Å²) in [6, 6.07) is 13.1. The molecular weight excluding hydrogens is 500 g/mol. The summed E-state index contributed by atoms with van der Waals surface area (Å²) in [4.78, 5) is 22.5. The first-order valence-electron chi connectivity index (χ1n) is 10.8. The van der Waals surface area contributed by atoms with Crippen LogP contribution in [0.2, 0.25) is 0 Å². The number of nitrogens with zero attached hydrogens (tertiary/aromatic N) is 4. The van der Waals surface area contributed by atoms with Crippen LogP contribution in [0.4, 0.5) is 5.69 Å². The second-order valence-corrected chi connectivity index (χ2v) is 8.82. The van der Waals surface area contributed by atoms with Gasteiger partial charge in [0.15, 0.2) is 0 Å². The van der Waals surface area contributed by atoms with E-state index in [1.807, 2.05) is 24.5 Å². The fraction of sp³-hybridized carbons (Fsp3) is 0.160. The summed E-state index contributed by atoms with van der Waals surface area (Å²) in [5.41, 5.74) is 3.53. The van der Waals surface area contributed by atoms with Gasteiger partial charge in [0.05, 0.1) is 19.1 Å². The van der Waals surface area contributed by atoms with E-state index in [4.69, 9.17) is 13.9 Å². The molecule has 0 spiro atoms. The molecule has 4 rings (SSSR count). The van der Waals surface area contributed by atoms with Crippen LogP contribution in [0, 0.1) is 24.0 Å². The van der Waals surface area contributed by atoms with Crippen molar-refractivity contribution in [2.45, 2.75) is 19.1 Å². The molecule has 190 valence electrons. The number of carboxylic acid groups (broad SMARTS) is 1. The summed E-state index contributed by atoms with van der Waals surface area (Å²) >= 11 is 0.826. The first-order valence-corrected chi connectivity index (χ1v) is 11.7. The number of carboxylic acids is 1. The van der Waals surface area contributed by atoms with Crippen molar-refractivity contribution in [2.24, 2.45) is 0 Å². The van der Waals surface area contributed by atoms with Crippen LogP contribution < -0.4 is 9.47 Å². The summed E-state index contributed by atoms with van der Waals surface area (Å²) in [5, 5.41) is 28.9. The third-order valence-electron chi connectivity index (χ3n) is 5.49. The number of carbonyl (C=O) groups is 1. The number of nitro groups is 1. The lowest BCUT2D eigenvalue weighted by molar-refractivity contribution is -0.384. The molecule has 1 N–H and O–H groups in total. The Hall–Kier alpha value is -4.58. The largest absolute Gasteiger partial charge is 0.497 e. The highest BCUT2D eigenvalue weighted by Crippen LogP contribution is 2.34. The first kappa shape index (κ1) is 25.5. The van der Waals surface area contributed by atoms with Crippen LogP contribution in [0.15, 0.2) is 63.1 Å². The number of hydrogen-bond acceptors (Lipinski definition) is 9. The molecule has 2 heterocycles. The quantitative estimate of drug-likeness (QED) is 0.133. The Morgan fingerprint density at radius 2 is 1.73 bits per heavy atom. The van der Waals surface area contributed by atoms with Crippen molar-refractivity contribution in [1.82, 2.24) is 14.8 Å². The van der Waals surface area contributed by atoms with E-state index >= 15 is 0 Å². The van der Waals surface area contributed by atoms with E-state index < -0.39 is 10.9 Å². The number of aliphatic carboxylic acids is 1. The maximum Gasteiger partial charge on any atom is 0.342 e. The average molecular weight is 523 g/mol. The van der Waals surface area contributed by atoms with Crippen LogP contribution in [-0.2, 0) is 4.79 Å². The SMILES string of the molecule is COc1cc(OC)cc(-c2nnc(S/C(=C\c3cc(C)n(-c4ccc([N+](=O)[O-])cc4)c3C)C(=O)O)o2)c1. The third kappa shape index (κ3) is 5.48. The maximum atomic E-state index is 12.0. The molecule has 12 heteroatoms. The normalized spacial score (nSPS) is 11.4. The van der Waals surface area contributed by atoms with Gasteiger partial charge in [0.2, 0.25) is 5.89 Å². The molecule has 0 saturated carbocycles. The lowest BCUT2D eigenvalue weighted by Crippen LogP contribution is -2.00. The molecule has 0 aliphatic rings. The third-order valence-corrected chi connectivity index (χ3v) is 6.34. The number of hydrogen-bond donors (Lipinski definition) is 1. The predicted octanol–water partition coefficient (Wildman–Crippen LogP) is 5.29. The van der Waals surface area contributed by atoms with Crippen molar-refractivity contribution in [3.05, 3.63) is 80.5 Å². The standard InChI is InChI=1S/C25H22N4O7S/c1-14-9-16(15(2)28(14)18-5-7-19(8-6-18)29(32)33)12-22(24(30)31)37-25-27-26-23(36-25)17-10-20(34-3)13-21(11-17)35-4/h5-13H,1-4H3,(H,30,31)/b22-12-. The van der Waals surface area contributed by atoms with E-state index in [9.17, 15) is 20.0 Å². The summed E-state index contributed by atoms with van der Waals surface area (Å²) < 4.78 is 18.1. The highest BCUT2D eigenvalue weighted by atomic mass is 32.2. The molecule has 0 amide bonds. The molecule has 0 unspecified atom stereocenters. The summed E-state index contributed by atoms with van der Waals surface area (Å²) in [6.45, 7) is 3.71. The van der Waals surface area contributed by atoms with Crippen molar-refractivity contribution >= 4 is 29.5 Å². The summed E-state index contributed by atoms with van der Waals surface area (Å²) in [7, 11) is 3.05. The smallest absolute Gasteiger partial charge is 0.342 e. The molecule has 2 aromatic heterocycles. The molecule has 37 heavy (non-hydrogen) atoms. The topological polar surface area (TPSA) is 143 Å². The molecule has 0 bridgehead atoms. The minimum atomic E-state index is -1.16. The van der Waals surface area contributed by atoms with Gasteiger partial charge in [-0.3, -0.25) is 10.1 Å². The van der Waals surface area contributed by atoms with Crippen LogP contribution in [0.5, 0.6) is 11.5 Å². The Labute approximate surface area is 215 Å². The number of ether oxygens (including phenoxy) is 2. The van der Waals surface area contributed by atoms with Gasteiger partial charge in [-0.15, -0.1) is 10.2 Å². The zero-order chi connectivity index (χ0) is 26.7. The molecule has 4 aromatic rings. The van der Waals surface area contributed by atoms with Crippen molar-refractivity contribution in [3.63, 3.8) is 0 Å². The minimum Gasteiger partial charge on any atom is -0.497 e. The van der Waals surface area contributed by atoms with E-state index in [1.54, 1.807) is 30.3 Å². The molecule has 0 saturated heterocycles. The first-order chi connectivity index (χ1) is 17.7. The van der Waals surface area contributed by atoms with Crippen molar-refractivity contribution in [3.8, 4) is 28.6 Å². The van der Waals surface area contributed by atoms with Crippen LogP contribution in [-0.4, -0.2) is 45.0 Å². The Morgan fingerprint density at radius 3 is 2.30 bits per heavy atom. The van der Waals surface area contributed by atoms with Crippen LogP contribution in [0.25, 0.3) is 23.2 Å². The minimum absolute atomic E-state index is 0.0118. The number of nitro benzene ring substituents is 1. The van der Waals surface area contributed by atoms with Crippen LogP contribution >= 0.6 is 11.8 Å². The molecule has 0 radical (unpaired) electrons. The molecule has 0 aliphatic heterocycles. The van der Waals surface area contributed by atoms with Crippen molar-refractivity contribution < 1.29 is 28.7 Å². The van der Waals surface area contributed by atoms with Gasteiger partial charge in [-0.1, -0.05) is 0 Å². The number of thioether (sulfide) groups is 1. The fourth-order valence-electron chi connectivity index (χ4n) is 3.72. The number of methoxy groups -OCH3 is 2. The maximum absolute atomic E-state index is 12.0. The van der Waals surface area contributed by atoms with Gasteiger partial charge in [-0.05, 0) is 67.6 Å². The van der Waals surface area contributed by atoms with E-state index in [2.05, 4.69) is 10.2 Å². The number of aromatic nitrogens is 3. The molecule has 11 nitrogen and oxygen atoms in total. The van der Waals surface area contributed by atoms with E-state index in [-0.39, 0.29) is 21.7 Å². The van der Waals surface area contributed by atoms with Crippen molar-refractivity contribution in [2.75, 3.05) is 14.2 Å². The van der Waals surface area contributed by atoms with Gasteiger partial charge in [0, 0.05) is 40.8 Å². The zero-order valence-corrected chi connectivity index (χ0v) is 21.1. The lowest BCUT2D eigenvalue weighted by Gasteiger charge is -2.09. The van der Waals surface area contributed by atoms with E-state index in [1.165, 1.54) is 32.4 Å². The lowest BCUT2D eigenvalue weighted by atomic mass is 10.2. The fourth-order valence-corrected chi connectivity index (χ4v) is 4.39. The highest BCUT2D eigenvalue weighted by molar-refractivity contribution is 8.03. The molecule has 0 atom stereocenters. The zero-order valence-electron chi connectivity index (χ0n) is 20.3. The molecule has 0 fully saturated rings. The Bertz CT molecular complexity index is 1480. The molecular formula is C25H22N4O7S. The van der Waals surface area contributed by atoms with Gasteiger partial charge in [0.25, 0.3) is 10.9 Å². The van der Waals surface area contributed by atoms with E-state index in [0.717, 1.165) is 28.8 Å². The predicted molar refractivity (Wildman–Crippen MR) is 136 cm³/mol. The number of aryl methyl sites for hydroxylation is 1. The number of benzene rings is 2. The van der Waals surface area contributed by atoms with Gasteiger partial charge < -0.3 is 23.6 Å². The average Bonchev–Trinajstić information content (AvgIpc) is 3.47. The van der Waals surface area contributed by atoms with E-state index in [0.29, 0.717) is 22.6 Å². The summed E-state index contributed by atoms with van der Waals surface area (Å²) in [6.07, 6.45) is 1.52. The second-order valence-electron chi connectivity index (χ2n) is 7.83. The van der Waals surface area contributed by atoms with Crippen molar-refractivity contribution in [1.29, 1.82) is 0 Å².